The first-order chi connectivity index (χ1) is 18.3. The Hall–Kier alpha value is -3.56. The predicted molar refractivity (Wildman–Crippen MR) is 161 cm³/mol. The third-order valence-corrected chi connectivity index (χ3v) is 8.68. The molecule has 4 rings (SSSR count). The monoisotopic (exact) mass is 522 g/mol. The van der Waals surface area contributed by atoms with Gasteiger partial charge in [0.15, 0.2) is 0 Å². The highest BCUT2D eigenvalue weighted by atomic mass is 16.5. The number of aromatic hydroxyl groups is 2. The summed E-state index contributed by atoms with van der Waals surface area (Å²) in [5.41, 5.74) is 8.44. The molecule has 2 N–H and O–H groups in total. The maximum Gasteiger partial charge on any atom is 0.121 e. The molecule has 0 aliphatic carbocycles. The Kier molecular flexibility index (Phi) is 7.69. The molecule has 0 radical (unpaired) electrons. The average Bonchev–Trinajstić information content (AvgIpc) is 2.91. The molecular formula is C36H42O3. The van der Waals surface area contributed by atoms with Crippen molar-refractivity contribution in [2.75, 3.05) is 7.11 Å². The molecule has 0 saturated heterocycles. The molecular weight excluding hydrogens is 480 g/mol. The Morgan fingerprint density at radius 3 is 1.23 bits per heavy atom. The lowest BCUT2D eigenvalue weighted by atomic mass is 9.73. The first-order valence-electron chi connectivity index (χ1n) is 13.6. The quantitative estimate of drug-likeness (QED) is 0.244. The number of methoxy groups -OCH3 is 1. The fraction of sp³-hybridized carbons (Fsp3) is 0.333. The van der Waals surface area contributed by atoms with Gasteiger partial charge in [0, 0.05) is 28.9 Å². The summed E-state index contributed by atoms with van der Waals surface area (Å²) >= 11 is 0. The molecule has 0 aromatic heterocycles. The zero-order valence-corrected chi connectivity index (χ0v) is 24.6. The lowest BCUT2D eigenvalue weighted by molar-refractivity contribution is 0.182. The van der Waals surface area contributed by atoms with Crippen LogP contribution in [0.25, 0.3) is 0 Å². The third kappa shape index (κ3) is 5.46. The number of phenols is 2. The molecule has 0 unspecified atom stereocenters. The Morgan fingerprint density at radius 1 is 0.513 bits per heavy atom. The van der Waals surface area contributed by atoms with Gasteiger partial charge in [-0.3, -0.25) is 0 Å². The minimum absolute atomic E-state index is 0.162. The SMILES string of the molecule is COCc1cc(C(C)(C)c2ccc(C(C)(C)c3ccc(C(C)(C)c4ccc(O)c(C)c4)cc3)cc2)ccc1O. The maximum absolute atomic E-state index is 10.2. The number of hydrogen-bond donors (Lipinski definition) is 2. The molecule has 0 atom stereocenters. The van der Waals surface area contributed by atoms with E-state index in [9.17, 15) is 10.2 Å². The first-order valence-corrected chi connectivity index (χ1v) is 13.6. The fourth-order valence-electron chi connectivity index (χ4n) is 5.40. The summed E-state index contributed by atoms with van der Waals surface area (Å²) in [5, 5.41) is 20.1. The van der Waals surface area contributed by atoms with Gasteiger partial charge in [0.1, 0.15) is 11.5 Å². The summed E-state index contributed by atoms with van der Waals surface area (Å²) in [4.78, 5) is 0. The van der Waals surface area contributed by atoms with Crippen LogP contribution in [0.3, 0.4) is 0 Å². The van der Waals surface area contributed by atoms with Crippen LogP contribution in [0.5, 0.6) is 11.5 Å². The van der Waals surface area contributed by atoms with Crippen molar-refractivity contribution in [2.24, 2.45) is 0 Å². The second-order valence-electron chi connectivity index (χ2n) is 12.3. The van der Waals surface area contributed by atoms with E-state index in [0.717, 1.165) is 16.7 Å². The molecule has 4 aromatic rings. The minimum atomic E-state index is -0.224. The molecule has 3 heteroatoms. The van der Waals surface area contributed by atoms with Gasteiger partial charge < -0.3 is 14.9 Å². The highest BCUT2D eigenvalue weighted by Gasteiger charge is 2.28. The molecule has 39 heavy (non-hydrogen) atoms. The molecule has 4 aromatic carbocycles. The lowest BCUT2D eigenvalue weighted by Gasteiger charge is -2.31. The van der Waals surface area contributed by atoms with Gasteiger partial charge in [-0.2, -0.15) is 0 Å². The van der Waals surface area contributed by atoms with Crippen LogP contribution < -0.4 is 0 Å². The van der Waals surface area contributed by atoms with Gasteiger partial charge >= 0.3 is 0 Å². The number of rotatable bonds is 8. The standard InChI is InChI=1S/C36H42O3/c1-24-21-30(17-19-32(24)37)35(4,5)28-13-9-26(10-14-28)34(2,3)27-11-15-29(16-12-27)36(6,7)31-18-20-33(38)25(22-31)23-39-8/h9-22,37-38H,23H2,1-8H3. The molecule has 0 spiro atoms. The average molecular weight is 523 g/mol. The fourth-order valence-corrected chi connectivity index (χ4v) is 5.40. The van der Waals surface area contributed by atoms with Crippen LogP contribution in [0.2, 0.25) is 0 Å². The van der Waals surface area contributed by atoms with Gasteiger partial charge in [-0.05, 0) is 64.1 Å². The molecule has 0 bridgehead atoms. The number of hydrogen-bond acceptors (Lipinski definition) is 3. The normalized spacial score (nSPS) is 12.5. The summed E-state index contributed by atoms with van der Waals surface area (Å²) in [5.74, 6) is 0.598. The summed E-state index contributed by atoms with van der Waals surface area (Å²) in [7, 11) is 1.64. The molecule has 0 saturated carbocycles. The Balaban J connectivity index is 1.59. The highest BCUT2D eigenvalue weighted by molar-refractivity contribution is 5.48. The molecule has 0 amide bonds. The van der Waals surface area contributed by atoms with Crippen molar-refractivity contribution in [3.05, 3.63) is 129 Å². The van der Waals surface area contributed by atoms with Crippen molar-refractivity contribution in [1.29, 1.82) is 0 Å². The summed E-state index contributed by atoms with van der Waals surface area (Å²) in [6, 6.07) is 29.6. The zero-order valence-electron chi connectivity index (χ0n) is 24.6. The first kappa shape index (κ1) is 28.4. The van der Waals surface area contributed by atoms with E-state index in [1.807, 2.05) is 25.1 Å². The molecule has 204 valence electrons. The van der Waals surface area contributed by atoms with E-state index in [-0.39, 0.29) is 22.0 Å². The van der Waals surface area contributed by atoms with E-state index in [4.69, 9.17) is 4.74 Å². The largest absolute Gasteiger partial charge is 0.508 e. The van der Waals surface area contributed by atoms with Crippen molar-refractivity contribution in [3.63, 3.8) is 0 Å². The van der Waals surface area contributed by atoms with Crippen LogP contribution in [-0.4, -0.2) is 17.3 Å². The molecule has 3 nitrogen and oxygen atoms in total. The summed E-state index contributed by atoms with van der Waals surface area (Å²) in [6.07, 6.45) is 0. The van der Waals surface area contributed by atoms with Crippen molar-refractivity contribution in [2.45, 2.75) is 71.3 Å². The van der Waals surface area contributed by atoms with E-state index < -0.39 is 0 Å². The Labute approximate surface area is 234 Å². The van der Waals surface area contributed by atoms with Crippen molar-refractivity contribution in [3.8, 4) is 11.5 Å². The smallest absolute Gasteiger partial charge is 0.121 e. The van der Waals surface area contributed by atoms with Gasteiger partial charge in [0.05, 0.1) is 6.61 Å². The van der Waals surface area contributed by atoms with Crippen molar-refractivity contribution in [1.82, 2.24) is 0 Å². The molecule has 0 fully saturated rings. The van der Waals surface area contributed by atoms with Gasteiger partial charge in [0.2, 0.25) is 0 Å². The van der Waals surface area contributed by atoms with Crippen molar-refractivity contribution < 1.29 is 14.9 Å². The van der Waals surface area contributed by atoms with Gasteiger partial charge in [-0.25, -0.2) is 0 Å². The van der Waals surface area contributed by atoms with Crippen LogP contribution in [0.4, 0.5) is 0 Å². The van der Waals surface area contributed by atoms with E-state index in [0.29, 0.717) is 12.4 Å². The summed E-state index contributed by atoms with van der Waals surface area (Å²) in [6.45, 7) is 15.8. The summed E-state index contributed by atoms with van der Waals surface area (Å²) < 4.78 is 5.27. The zero-order chi connectivity index (χ0) is 28.6. The Bertz CT molecular complexity index is 1440. The van der Waals surface area contributed by atoms with Gasteiger partial charge in [0.25, 0.3) is 0 Å². The van der Waals surface area contributed by atoms with E-state index in [2.05, 4.69) is 96.1 Å². The Morgan fingerprint density at radius 2 is 0.846 bits per heavy atom. The maximum atomic E-state index is 10.2. The van der Waals surface area contributed by atoms with Crippen LogP contribution in [0.15, 0.2) is 84.9 Å². The molecule has 0 aliphatic heterocycles. The molecule has 0 heterocycles. The number of benzene rings is 4. The van der Waals surface area contributed by atoms with Crippen LogP contribution in [-0.2, 0) is 27.6 Å². The number of phenolic OH excluding ortho intramolecular Hbond substituents is 2. The lowest BCUT2D eigenvalue weighted by Crippen LogP contribution is -2.22. The van der Waals surface area contributed by atoms with E-state index in [1.54, 1.807) is 19.2 Å². The van der Waals surface area contributed by atoms with E-state index in [1.165, 1.54) is 27.8 Å². The van der Waals surface area contributed by atoms with E-state index >= 15 is 0 Å². The van der Waals surface area contributed by atoms with Crippen LogP contribution in [0.1, 0.15) is 86.1 Å². The second kappa shape index (κ2) is 10.5. The molecule has 0 aliphatic rings. The van der Waals surface area contributed by atoms with Crippen molar-refractivity contribution >= 4 is 0 Å². The van der Waals surface area contributed by atoms with Gasteiger partial charge in [-0.1, -0.05) is 108 Å². The van der Waals surface area contributed by atoms with Crippen LogP contribution in [0, 0.1) is 6.92 Å². The minimum Gasteiger partial charge on any atom is -0.508 e. The van der Waals surface area contributed by atoms with Gasteiger partial charge in [-0.15, -0.1) is 0 Å². The number of aryl methyl sites for hydroxylation is 1. The van der Waals surface area contributed by atoms with Crippen LogP contribution >= 0.6 is 0 Å². The second-order valence-corrected chi connectivity index (χ2v) is 12.3. The predicted octanol–water partition coefficient (Wildman–Crippen LogP) is 8.53. The number of ether oxygens (including phenoxy) is 1. The topological polar surface area (TPSA) is 49.7 Å². The third-order valence-electron chi connectivity index (χ3n) is 8.68. The highest BCUT2D eigenvalue weighted by Crippen LogP contribution is 2.39.